The van der Waals surface area contributed by atoms with E-state index in [2.05, 4.69) is 29.2 Å². The summed E-state index contributed by atoms with van der Waals surface area (Å²) in [5, 5.41) is 0. The first-order valence-corrected chi connectivity index (χ1v) is 8.22. The summed E-state index contributed by atoms with van der Waals surface area (Å²) in [5.41, 5.74) is 1.28. The summed E-state index contributed by atoms with van der Waals surface area (Å²) in [6, 6.07) is 10.4. The largest absolute Gasteiger partial charge is 0.468 e. The number of nitrogens with zero attached hydrogens (tertiary/aromatic N) is 1. The molecule has 3 heteroatoms. The summed E-state index contributed by atoms with van der Waals surface area (Å²) in [4.78, 5) is 13.8. The van der Waals surface area contributed by atoms with Crippen molar-refractivity contribution in [1.29, 1.82) is 0 Å². The van der Waals surface area contributed by atoms with Crippen molar-refractivity contribution < 1.29 is 9.53 Å². The second-order valence-electron chi connectivity index (χ2n) is 4.63. The number of hydrogen-bond acceptors (Lipinski definition) is 3. The van der Waals surface area contributed by atoms with Gasteiger partial charge in [-0.25, -0.2) is 0 Å². The molecule has 0 bridgehead atoms. The zero-order chi connectivity index (χ0) is 17.0. The predicted molar refractivity (Wildman–Crippen MR) is 94.0 cm³/mol. The van der Waals surface area contributed by atoms with Gasteiger partial charge in [-0.2, -0.15) is 0 Å². The van der Waals surface area contributed by atoms with E-state index in [4.69, 9.17) is 4.74 Å². The van der Waals surface area contributed by atoms with Crippen LogP contribution in [0.2, 0.25) is 0 Å². The van der Waals surface area contributed by atoms with Gasteiger partial charge in [0.1, 0.15) is 6.04 Å². The van der Waals surface area contributed by atoms with Crippen molar-refractivity contribution >= 4 is 5.97 Å². The molecule has 1 aromatic rings. The van der Waals surface area contributed by atoms with Crippen LogP contribution in [-0.4, -0.2) is 37.1 Å². The van der Waals surface area contributed by atoms with E-state index in [9.17, 15) is 4.79 Å². The first-order chi connectivity index (χ1) is 10.7. The van der Waals surface area contributed by atoms with Crippen molar-refractivity contribution in [3.05, 3.63) is 48.0 Å². The summed E-state index contributed by atoms with van der Waals surface area (Å²) in [7, 11) is 3.43. The zero-order valence-electron chi connectivity index (χ0n) is 14.9. The van der Waals surface area contributed by atoms with Gasteiger partial charge in [0.15, 0.2) is 0 Å². The molecule has 0 N–H and O–H groups in total. The SMILES string of the molecule is CC.CC.COC(=O)C1CC=CC(Cc2ccccc2)N1C. The highest BCUT2D eigenvalue weighted by atomic mass is 16.5. The Morgan fingerprint density at radius 3 is 2.32 bits per heavy atom. The fourth-order valence-corrected chi connectivity index (χ4v) is 2.36. The number of carbonyl (C=O) groups excluding carboxylic acids is 1. The normalized spacial score (nSPS) is 20.1. The molecule has 124 valence electrons. The Morgan fingerprint density at radius 1 is 1.18 bits per heavy atom. The van der Waals surface area contributed by atoms with Crippen molar-refractivity contribution in [2.24, 2.45) is 0 Å². The van der Waals surface area contributed by atoms with Crippen LogP contribution in [0.25, 0.3) is 0 Å². The number of carbonyl (C=O) groups is 1. The molecule has 22 heavy (non-hydrogen) atoms. The minimum absolute atomic E-state index is 0.153. The average Bonchev–Trinajstić information content (AvgIpc) is 2.60. The molecule has 1 heterocycles. The van der Waals surface area contributed by atoms with E-state index in [1.165, 1.54) is 12.7 Å². The van der Waals surface area contributed by atoms with Gasteiger partial charge in [0.2, 0.25) is 0 Å². The van der Waals surface area contributed by atoms with Gasteiger partial charge in [-0.3, -0.25) is 9.69 Å². The molecule has 0 spiro atoms. The van der Waals surface area contributed by atoms with Crippen LogP contribution in [0.3, 0.4) is 0 Å². The molecule has 2 rings (SSSR count). The second-order valence-corrected chi connectivity index (χ2v) is 4.63. The molecule has 0 aliphatic carbocycles. The van der Waals surface area contributed by atoms with Crippen LogP contribution in [0, 0.1) is 0 Å². The van der Waals surface area contributed by atoms with Crippen LogP contribution >= 0.6 is 0 Å². The molecule has 1 aliphatic rings. The van der Waals surface area contributed by atoms with Crippen LogP contribution in [0.5, 0.6) is 0 Å². The molecule has 2 unspecified atom stereocenters. The quantitative estimate of drug-likeness (QED) is 0.622. The topological polar surface area (TPSA) is 29.5 Å². The second kappa shape index (κ2) is 12.0. The van der Waals surface area contributed by atoms with Crippen molar-refractivity contribution in [2.45, 2.75) is 52.6 Å². The van der Waals surface area contributed by atoms with E-state index in [1.54, 1.807) is 0 Å². The van der Waals surface area contributed by atoms with Gasteiger partial charge in [0.25, 0.3) is 0 Å². The maximum atomic E-state index is 11.7. The molecule has 1 aliphatic heterocycles. The molecule has 0 saturated carbocycles. The Bertz CT molecular complexity index is 428. The lowest BCUT2D eigenvalue weighted by molar-refractivity contribution is -0.147. The molecule has 3 nitrogen and oxygen atoms in total. The van der Waals surface area contributed by atoms with Crippen LogP contribution < -0.4 is 0 Å². The third kappa shape index (κ3) is 6.02. The van der Waals surface area contributed by atoms with Gasteiger partial charge in [0, 0.05) is 6.04 Å². The Kier molecular flexibility index (Phi) is 11.1. The van der Waals surface area contributed by atoms with Gasteiger partial charge in [0.05, 0.1) is 7.11 Å². The number of rotatable bonds is 3. The van der Waals surface area contributed by atoms with Crippen molar-refractivity contribution in [3.8, 4) is 0 Å². The summed E-state index contributed by atoms with van der Waals surface area (Å²) in [6.07, 6.45) is 5.90. The molecule has 0 amide bonds. The number of likely N-dealkylation sites (N-methyl/N-ethyl adjacent to an activating group) is 1. The van der Waals surface area contributed by atoms with Gasteiger partial charge in [-0.05, 0) is 25.5 Å². The third-order valence-corrected chi connectivity index (χ3v) is 3.49. The Labute approximate surface area is 136 Å². The standard InChI is InChI=1S/C15H19NO2.2C2H6/c1-16-13(11-12-7-4-3-5-8-12)9-6-10-14(16)15(17)18-2;2*1-2/h3-9,13-14H,10-11H2,1-2H3;2*1-2H3. The number of ether oxygens (including phenoxy) is 1. The van der Waals surface area contributed by atoms with E-state index >= 15 is 0 Å². The van der Waals surface area contributed by atoms with Crippen molar-refractivity contribution in [1.82, 2.24) is 4.90 Å². The van der Waals surface area contributed by atoms with Crippen LogP contribution in [-0.2, 0) is 16.0 Å². The molecule has 0 saturated heterocycles. The summed E-state index contributed by atoms with van der Waals surface area (Å²) in [6.45, 7) is 8.00. The highest BCUT2D eigenvalue weighted by Crippen LogP contribution is 2.19. The number of benzene rings is 1. The Morgan fingerprint density at radius 2 is 1.77 bits per heavy atom. The van der Waals surface area contributed by atoms with Gasteiger partial charge in [-0.15, -0.1) is 0 Å². The minimum Gasteiger partial charge on any atom is -0.468 e. The molecular weight excluding hydrogens is 274 g/mol. The lowest BCUT2D eigenvalue weighted by Crippen LogP contribution is -2.47. The number of methoxy groups -OCH3 is 1. The molecule has 1 aromatic carbocycles. The summed E-state index contributed by atoms with van der Waals surface area (Å²) >= 11 is 0. The molecule has 2 atom stereocenters. The number of hydrogen-bond donors (Lipinski definition) is 0. The molecule has 0 radical (unpaired) electrons. The van der Waals surface area contributed by atoms with Crippen LogP contribution in [0.15, 0.2) is 42.5 Å². The first kappa shape index (κ1) is 20.4. The third-order valence-electron chi connectivity index (χ3n) is 3.49. The molecule has 0 aromatic heterocycles. The molecule has 0 fully saturated rings. The summed E-state index contributed by atoms with van der Waals surface area (Å²) < 4.78 is 4.84. The number of esters is 1. The Hall–Kier alpha value is -1.61. The zero-order valence-corrected chi connectivity index (χ0v) is 14.9. The van der Waals surface area contributed by atoms with Gasteiger partial charge < -0.3 is 4.74 Å². The fraction of sp³-hybridized carbons (Fsp3) is 0.526. The van der Waals surface area contributed by atoms with Crippen LogP contribution in [0.4, 0.5) is 0 Å². The smallest absolute Gasteiger partial charge is 0.323 e. The fourth-order valence-electron chi connectivity index (χ4n) is 2.36. The van der Waals surface area contributed by atoms with Gasteiger partial charge in [-0.1, -0.05) is 70.2 Å². The lowest BCUT2D eigenvalue weighted by Gasteiger charge is -2.34. The highest BCUT2D eigenvalue weighted by molar-refractivity contribution is 5.76. The van der Waals surface area contributed by atoms with E-state index < -0.39 is 0 Å². The van der Waals surface area contributed by atoms with E-state index in [0.717, 1.165) is 12.8 Å². The monoisotopic (exact) mass is 305 g/mol. The molecular formula is C19H31NO2. The summed E-state index contributed by atoms with van der Waals surface area (Å²) in [5.74, 6) is -0.153. The van der Waals surface area contributed by atoms with Gasteiger partial charge >= 0.3 is 5.97 Å². The highest BCUT2D eigenvalue weighted by Gasteiger charge is 2.30. The predicted octanol–water partition coefficient (Wildman–Crippen LogP) is 4.08. The maximum absolute atomic E-state index is 11.7. The minimum atomic E-state index is -0.159. The van der Waals surface area contributed by atoms with Crippen LogP contribution in [0.1, 0.15) is 39.7 Å². The van der Waals surface area contributed by atoms with E-state index in [-0.39, 0.29) is 18.1 Å². The first-order valence-electron chi connectivity index (χ1n) is 8.22. The van der Waals surface area contributed by atoms with Crippen molar-refractivity contribution in [2.75, 3.05) is 14.2 Å². The van der Waals surface area contributed by atoms with E-state index in [0.29, 0.717) is 0 Å². The average molecular weight is 305 g/mol. The Balaban J connectivity index is 0.00000102. The maximum Gasteiger partial charge on any atom is 0.323 e. The van der Waals surface area contributed by atoms with Crippen molar-refractivity contribution in [3.63, 3.8) is 0 Å². The van der Waals surface area contributed by atoms with E-state index in [1.807, 2.05) is 52.9 Å². The lowest BCUT2D eigenvalue weighted by atomic mass is 9.97.